The summed E-state index contributed by atoms with van der Waals surface area (Å²) < 4.78 is 5.15. The minimum absolute atomic E-state index is 0.0801. The molecule has 1 aliphatic rings. The van der Waals surface area contributed by atoms with Crippen LogP contribution in [-0.2, 0) is 12.8 Å². The topological polar surface area (TPSA) is 80.9 Å². The first-order chi connectivity index (χ1) is 15.2. The number of rotatable bonds is 5. The van der Waals surface area contributed by atoms with Crippen LogP contribution in [-0.4, -0.2) is 27.6 Å². The Hall–Kier alpha value is -3.32. The Morgan fingerprint density at radius 1 is 1.19 bits per heavy atom. The molecule has 1 N–H and O–H groups in total. The Morgan fingerprint density at radius 2 is 2.10 bits per heavy atom. The molecule has 7 heteroatoms. The number of amides is 1. The van der Waals surface area contributed by atoms with Crippen molar-refractivity contribution in [3.63, 3.8) is 0 Å². The maximum absolute atomic E-state index is 13.3. The van der Waals surface area contributed by atoms with E-state index in [2.05, 4.69) is 39.0 Å². The fraction of sp³-hybridized carbons (Fsp3) is 0.250. The van der Waals surface area contributed by atoms with Crippen LogP contribution in [0.5, 0.6) is 0 Å². The summed E-state index contributed by atoms with van der Waals surface area (Å²) in [6.07, 6.45) is 5.53. The molecule has 0 unspecified atom stereocenters. The Labute approximate surface area is 184 Å². The van der Waals surface area contributed by atoms with Gasteiger partial charge < -0.3 is 9.84 Å². The molecule has 1 amide bonds. The average Bonchev–Trinajstić information content (AvgIpc) is 3.44. The van der Waals surface area contributed by atoms with Crippen molar-refractivity contribution in [2.45, 2.75) is 32.6 Å². The third kappa shape index (κ3) is 4.01. The van der Waals surface area contributed by atoms with Crippen LogP contribution in [0.1, 0.15) is 51.0 Å². The number of hydrogen-bond donors (Lipinski definition) is 1. The zero-order valence-electron chi connectivity index (χ0n) is 17.2. The van der Waals surface area contributed by atoms with Gasteiger partial charge in [0.15, 0.2) is 5.82 Å². The van der Waals surface area contributed by atoms with Crippen LogP contribution in [0.25, 0.3) is 22.6 Å². The number of fused-ring (bicyclic) bond motifs is 2. The summed E-state index contributed by atoms with van der Waals surface area (Å²) in [4.78, 5) is 23.7. The molecule has 5 rings (SSSR count). The minimum Gasteiger partial charge on any atom is -0.351 e. The predicted molar refractivity (Wildman–Crippen MR) is 122 cm³/mol. The normalized spacial score (nSPS) is 14.7. The lowest BCUT2D eigenvalue weighted by Gasteiger charge is -2.22. The van der Waals surface area contributed by atoms with Gasteiger partial charge in [-0.05, 0) is 60.9 Å². The van der Waals surface area contributed by atoms with Gasteiger partial charge >= 0.3 is 0 Å². The third-order valence-electron chi connectivity index (χ3n) is 5.45. The molecule has 3 aromatic heterocycles. The van der Waals surface area contributed by atoms with Crippen molar-refractivity contribution in [3.05, 3.63) is 75.2 Å². The van der Waals surface area contributed by atoms with E-state index in [0.717, 1.165) is 47.0 Å². The monoisotopic (exact) mass is 430 g/mol. The standard InChI is InChI=1S/C24H22N4O2S/c1-15-26-21(30-28-15)11-12-25-24(29)22-18-8-2-3-10-20(18)27-23-16(6-4-9-19(22)23)14-17-7-5-13-31-17/h2-3,5,7-8,10,13-14H,4,6,9,11-12H2,1H3,(H,25,29)/b16-14-. The van der Waals surface area contributed by atoms with E-state index in [1.165, 1.54) is 10.5 Å². The molecule has 6 nitrogen and oxygen atoms in total. The number of allylic oxidation sites excluding steroid dienone is 1. The van der Waals surface area contributed by atoms with Crippen LogP contribution in [0.4, 0.5) is 0 Å². The first-order valence-corrected chi connectivity index (χ1v) is 11.3. The molecule has 0 saturated carbocycles. The van der Waals surface area contributed by atoms with Gasteiger partial charge in [0.05, 0.1) is 16.8 Å². The SMILES string of the molecule is Cc1noc(CCNC(=O)c2c3c(nc4ccccc24)/C(=C\c2cccs2)CCC3)n1. The smallest absolute Gasteiger partial charge is 0.252 e. The number of aryl methyl sites for hydroxylation is 1. The van der Waals surface area contributed by atoms with E-state index in [9.17, 15) is 4.79 Å². The van der Waals surface area contributed by atoms with Gasteiger partial charge in [-0.2, -0.15) is 4.98 Å². The first kappa shape index (κ1) is 19.6. The van der Waals surface area contributed by atoms with Crippen molar-refractivity contribution in [1.82, 2.24) is 20.4 Å². The Bertz CT molecular complexity index is 1270. The summed E-state index contributed by atoms with van der Waals surface area (Å²) in [6.45, 7) is 2.21. The second kappa shape index (κ2) is 8.43. The van der Waals surface area contributed by atoms with E-state index in [4.69, 9.17) is 9.51 Å². The van der Waals surface area contributed by atoms with E-state index in [1.54, 1.807) is 18.3 Å². The fourth-order valence-corrected chi connectivity index (χ4v) is 4.77. The van der Waals surface area contributed by atoms with E-state index >= 15 is 0 Å². The highest BCUT2D eigenvalue weighted by Gasteiger charge is 2.25. The van der Waals surface area contributed by atoms with E-state index in [1.807, 2.05) is 24.3 Å². The van der Waals surface area contributed by atoms with Crippen LogP contribution in [0.15, 0.2) is 46.3 Å². The molecule has 0 saturated heterocycles. The molecular weight excluding hydrogens is 408 g/mol. The maximum Gasteiger partial charge on any atom is 0.252 e. The Kier molecular flexibility index (Phi) is 5.34. The van der Waals surface area contributed by atoms with Crippen molar-refractivity contribution in [1.29, 1.82) is 0 Å². The van der Waals surface area contributed by atoms with Gasteiger partial charge in [0.25, 0.3) is 5.91 Å². The molecule has 156 valence electrons. The number of nitrogens with zero attached hydrogens (tertiary/aromatic N) is 3. The van der Waals surface area contributed by atoms with E-state index < -0.39 is 0 Å². The molecule has 0 bridgehead atoms. The molecule has 0 spiro atoms. The molecule has 3 heterocycles. The second-order valence-electron chi connectivity index (χ2n) is 7.61. The largest absolute Gasteiger partial charge is 0.351 e. The van der Waals surface area contributed by atoms with E-state index in [-0.39, 0.29) is 5.91 Å². The predicted octanol–water partition coefficient (Wildman–Crippen LogP) is 4.84. The van der Waals surface area contributed by atoms with Crippen molar-refractivity contribution in [2.75, 3.05) is 6.54 Å². The van der Waals surface area contributed by atoms with E-state index in [0.29, 0.717) is 24.7 Å². The lowest BCUT2D eigenvalue weighted by atomic mass is 9.86. The molecule has 0 radical (unpaired) electrons. The second-order valence-corrected chi connectivity index (χ2v) is 8.59. The van der Waals surface area contributed by atoms with Gasteiger partial charge in [0.1, 0.15) is 0 Å². The van der Waals surface area contributed by atoms with Gasteiger partial charge in [0.2, 0.25) is 5.89 Å². The number of carbonyl (C=O) groups excluding carboxylic acids is 1. The number of benzene rings is 1. The summed E-state index contributed by atoms with van der Waals surface area (Å²) in [5.41, 5.74) is 4.77. The van der Waals surface area contributed by atoms with Gasteiger partial charge in [0, 0.05) is 23.2 Å². The van der Waals surface area contributed by atoms with Crippen LogP contribution in [0.3, 0.4) is 0 Å². The minimum atomic E-state index is -0.0801. The molecular formula is C24H22N4O2S. The number of para-hydroxylation sites is 1. The fourth-order valence-electron chi connectivity index (χ4n) is 4.09. The lowest BCUT2D eigenvalue weighted by Crippen LogP contribution is -2.28. The highest BCUT2D eigenvalue weighted by molar-refractivity contribution is 7.10. The summed E-state index contributed by atoms with van der Waals surface area (Å²) >= 11 is 1.71. The summed E-state index contributed by atoms with van der Waals surface area (Å²) in [5, 5.41) is 9.82. The van der Waals surface area contributed by atoms with Gasteiger partial charge in [-0.3, -0.25) is 4.79 Å². The zero-order chi connectivity index (χ0) is 21.2. The summed E-state index contributed by atoms with van der Waals surface area (Å²) in [6, 6.07) is 12.0. The third-order valence-corrected chi connectivity index (χ3v) is 6.27. The lowest BCUT2D eigenvalue weighted by molar-refractivity contribution is 0.0954. The highest BCUT2D eigenvalue weighted by atomic mass is 32.1. The molecule has 0 aliphatic heterocycles. The molecule has 1 aromatic carbocycles. The van der Waals surface area contributed by atoms with Crippen molar-refractivity contribution in [3.8, 4) is 0 Å². The summed E-state index contributed by atoms with van der Waals surface area (Å²) in [5.74, 6) is 1.05. The zero-order valence-corrected chi connectivity index (χ0v) is 18.0. The quantitative estimate of drug-likeness (QED) is 0.490. The number of hydrogen-bond acceptors (Lipinski definition) is 6. The van der Waals surface area contributed by atoms with Gasteiger partial charge in [-0.1, -0.05) is 29.4 Å². The maximum atomic E-state index is 13.3. The van der Waals surface area contributed by atoms with Crippen molar-refractivity contribution >= 4 is 39.8 Å². The first-order valence-electron chi connectivity index (χ1n) is 10.4. The number of pyridine rings is 1. The van der Waals surface area contributed by atoms with Crippen LogP contribution < -0.4 is 5.32 Å². The number of nitrogens with one attached hydrogen (secondary N) is 1. The van der Waals surface area contributed by atoms with Crippen LogP contribution in [0.2, 0.25) is 0 Å². The molecule has 31 heavy (non-hydrogen) atoms. The highest BCUT2D eigenvalue weighted by Crippen LogP contribution is 2.36. The van der Waals surface area contributed by atoms with Crippen molar-refractivity contribution in [2.24, 2.45) is 0 Å². The van der Waals surface area contributed by atoms with Gasteiger partial charge in [-0.15, -0.1) is 11.3 Å². The summed E-state index contributed by atoms with van der Waals surface area (Å²) in [7, 11) is 0. The number of aromatic nitrogens is 3. The molecule has 0 atom stereocenters. The molecule has 4 aromatic rings. The van der Waals surface area contributed by atoms with Gasteiger partial charge in [-0.25, -0.2) is 4.98 Å². The van der Waals surface area contributed by atoms with Crippen LogP contribution in [0, 0.1) is 6.92 Å². The number of carbonyl (C=O) groups is 1. The molecule has 1 aliphatic carbocycles. The number of thiophene rings is 1. The van der Waals surface area contributed by atoms with Crippen LogP contribution >= 0.6 is 11.3 Å². The molecule has 0 fully saturated rings. The average molecular weight is 431 g/mol. The van der Waals surface area contributed by atoms with Crippen molar-refractivity contribution < 1.29 is 9.32 Å². The Balaban J connectivity index is 1.51. The Morgan fingerprint density at radius 3 is 2.90 bits per heavy atom.